The third-order valence-corrected chi connectivity index (χ3v) is 8.38. The van der Waals surface area contributed by atoms with Crippen molar-refractivity contribution in [3.63, 3.8) is 0 Å². The molecule has 3 amide bonds. The second-order valence-corrected chi connectivity index (χ2v) is 10.9. The lowest BCUT2D eigenvalue weighted by Gasteiger charge is -2.48. The predicted molar refractivity (Wildman–Crippen MR) is 153 cm³/mol. The van der Waals surface area contributed by atoms with Gasteiger partial charge in [0.2, 0.25) is 0 Å². The number of hydrogen-bond acceptors (Lipinski definition) is 7. The Bertz CT molecular complexity index is 1460. The van der Waals surface area contributed by atoms with E-state index >= 15 is 0 Å². The van der Waals surface area contributed by atoms with E-state index < -0.39 is 11.8 Å². The van der Waals surface area contributed by atoms with Crippen molar-refractivity contribution in [1.82, 2.24) is 10.2 Å². The zero-order valence-corrected chi connectivity index (χ0v) is 23.5. The van der Waals surface area contributed by atoms with Crippen molar-refractivity contribution in [2.24, 2.45) is 0 Å². The molecule has 3 aromatic rings. The molecule has 6 rings (SSSR count). The quantitative estimate of drug-likeness (QED) is 0.419. The van der Waals surface area contributed by atoms with E-state index in [-0.39, 0.29) is 46.1 Å². The molecule has 212 valence electrons. The summed E-state index contributed by atoms with van der Waals surface area (Å²) in [7, 11) is 3.09. The van der Waals surface area contributed by atoms with Crippen LogP contribution >= 0.6 is 11.6 Å². The molecule has 0 spiro atoms. The Morgan fingerprint density at radius 3 is 2.17 bits per heavy atom. The SMILES string of the molecule is COc1ccc(CN2[C@@H]3COC[C@H]2C[C@@H](NC(=O)c2cc(Cl)c(N4C(=O)c5ccccc5C4=O)cc2OC)C3)cc1. The first kappa shape index (κ1) is 27.3. The molecular formula is C31H30ClN3O6. The first-order valence-electron chi connectivity index (χ1n) is 13.5. The molecular weight excluding hydrogens is 546 g/mol. The number of ether oxygens (including phenoxy) is 3. The van der Waals surface area contributed by atoms with Crippen molar-refractivity contribution >= 4 is 35.0 Å². The van der Waals surface area contributed by atoms with E-state index in [0.717, 1.165) is 30.0 Å². The van der Waals surface area contributed by atoms with Gasteiger partial charge in [0.15, 0.2) is 0 Å². The highest BCUT2D eigenvalue weighted by atomic mass is 35.5. The number of hydrogen-bond donors (Lipinski definition) is 1. The average Bonchev–Trinajstić information content (AvgIpc) is 3.23. The summed E-state index contributed by atoms with van der Waals surface area (Å²) < 4.78 is 16.7. The van der Waals surface area contributed by atoms with Crippen molar-refractivity contribution in [3.8, 4) is 11.5 Å². The number of morpholine rings is 1. The standard InChI is InChI=1S/C31H30ClN3O6/c1-39-22-9-7-18(8-10-22)15-34-20-11-19(12-21(34)17-41-16-20)33-29(36)25-13-26(32)27(14-28(25)40-2)35-30(37)23-5-3-4-6-24(23)31(35)38/h3-10,13-14,19-21H,11-12,15-17H2,1-2H3,(H,33,36)/t19-,20-,21+. The van der Waals surface area contributed by atoms with E-state index in [2.05, 4.69) is 22.3 Å². The molecule has 9 nitrogen and oxygen atoms in total. The van der Waals surface area contributed by atoms with Gasteiger partial charge in [-0.25, -0.2) is 4.90 Å². The summed E-state index contributed by atoms with van der Waals surface area (Å²) in [6.07, 6.45) is 1.48. The van der Waals surface area contributed by atoms with Crippen LogP contribution in [0.5, 0.6) is 11.5 Å². The Balaban J connectivity index is 1.17. The summed E-state index contributed by atoms with van der Waals surface area (Å²) in [5.74, 6) is -0.223. The van der Waals surface area contributed by atoms with Crippen LogP contribution < -0.4 is 19.7 Å². The number of nitrogens with one attached hydrogen (secondary N) is 1. The fourth-order valence-corrected chi connectivity index (χ4v) is 6.29. The monoisotopic (exact) mass is 575 g/mol. The van der Waals surface area contributed by atoms with Crippen molar-refractivity contribution in [1.29, 1.82) is 0 Å². The molecule has 0 aromatic heterocycles. The lowest BCUT2D eigenvalue weighted by Crippen LogP contribution is -2.60. The highest BCUT2D eigenvalue weighted by Crippen LogP contribution is 2.38. The summed E-state index contributed by atoms with van der Waals surface area (Å²) in [5, 5.41) is 3.26. The van der Waals surface area contributed by atoms with Gasteiger partial charge in [0, 0.05) is 30.7 Å². The second kappa shape index (κ2) is 11.2. The number of benzene rings is 3. The summed E-state index contributed by atoms with van der Waals surface area (Å²) in [6, 6.07) is 17.9. The van der Waals surface area contributed by atoms with Crippen molar-refractivity contribution in [2.75, 3.05) is 32.3 Å². The van der Waals surface area contributed by atoms with E-state index in [9.17, 15) is 14.4 Å². The molecule has 2 bridgehead atoms. The molecule has 2 saturated heterocycles. The fraction of sp³-hybridized carbons (Fsp3) is 0.323. The van der Waals surface area contributed by atoms with Crippen molar-refractivity contribution in [2.45, 2.75) is 37.5 Å². The van der Waals surface area contributed by atoms with E-state index in [1.54, 1.807) is 31.4 Å². The van der Waals surface area contributed by atoms with Crippen LogP contribution in [0.25, 0.3) is 0 Å². The maximum atomic E-state index is 13.5. The van der Waals surface area contributed by atoms with Gasteiger partial charge in [-0.1, -0.05) is 35.9 Å². The largest absolute Gasteiger partial charge is 0.497 e. The Kier molecular flexibility index (Phi) is 7.42. The molecule has 0 saturated carbocycles. The van der Waals surface area contributed by atoms with Crippen LogP contribution in [0.15, 0.2) is 60.7 Å². The Hall–Kier alpha value is -3.92. The summed E-state index contributed by atoms with van der Waals surface area (Å²) >= 11 is 6.58. The van der Waals surface area contributed by atoms with Gasteiger partial charge in [-0.15, -0.1) is 0 Å². The van der Waals surface area contributed by atoms with E-state index in [1.807, 2.05) is 12.1 Å². The molecule has 3 aliphatic heterocycles. The smallest absolute Gasteiger partial charge is 0.266 e. The normalized spacial score (nSPS) is 21.9. The van der Waals surface area contributed by atoms with Crippen LogP contribution in [0.4, 0.5) is 5.69 Å². The molecule has 0 radical (unpaired) electrons. The van der Waals surface area contributed by atoms with Gasteiger partial charge in [0.25, 0.3) is 17.7 Å². The van der Waals surface area contributed by atoms with E-state index in [1.165, 1.54) is 24.8 Å². The van der Waals surface area contributed by atoms with Crippen LogP contribution in [0.3, 0.4) is 0 Å². The van der Waals surface area contributed by atoms with Gasteiger partial charge in [-0.3, -0.25) is 19.3 Å². The number of rotatable bonds is 7. The topological polar surface area (TPSA) is 97.4 Å². The number of carbonyl (C=O) groups excluding carboxylic acids is 3. The molecule has 3 aromatic carbocycles. The number of halogens is 1. The second-order valence-electron chi connectivity index (χ2n) is 10.5. The molecule has 0 unspecified atom stereocenters. The lowest BCUT2D eigenvalue weighted by molar-refractivity contribution is -0.0843. The van der Waals surface area contributed by atoms with Gasteiger partial charge in [-0.2, -0.15) is 0 Å². The predicted octanol–water partition coefficient (Wildman–Crippen LogP) is 4.32. The maximum absolute atomic E-state index is 13.5. The average molecular weight is 576 g/mol. The summed E-state index contributed by atoms with van der Waals surface area (Å²) in [4.78, 5) is 43.0. The lowest BCUT2D eigenvalue weighted by atomic mass is 9.89. The van der Waals surface area contributed by atoms with Gasteiger partial charge in [-0.05, 0) is 48.7 Å². The summed E-state index contributed by atoms with van der Waals surface area (Å²) in [6.45, 7) is 2.00. The van der Waals surface area contributed by atoms with Crippen LogP contribution in [-0.4, -0.2) is 68.2 Å². The molecule has 3 heterocycles. The first-order chi connectivity index (χ1) is 19.9. The molecule has 41 heavy (non-hydrogen) atoms. The highest BCUT2D eigenvalue weighted by Gasteiger charge is 2.40. The van der Waals surface area contributed by atoms with Crippen molar-refractivity contribution in [3.05, 3.63) is 87.9 Å². The highest BCUT2D eigenvalue weighted by molar-refractivity contribution is 6.40. The molecule has 0 aliphatic carbocycles. The first-order valence-corrected chi connectivity index (χ1v) is 13.9. The maximum Gasteiger partial charge on any atom is 0.266 e. The number of imide groups is 1. The minimum atomic E-state index is -0.470. The van der Waals surface area contributed by atoms with Gasteiger partial charge >= 0.3 is 0 Å². The zero-order valence-electron chi connectivity index (χ0n) is 22.8. The third-order valence-electron chi connectivity index (χ3n) is 8.08. The molecule has 3 aliphatic rings. The number of nitrogens with zero attached hydrogens (tertiary/aromatic N) is 2. The van der Waals surface area contributed by atoms with Gasteiger partial charge in [0.1, 0.15) is 11.5 Å². The Morgan fingerprint density at radius 1 is 0.951 bits per heavy atom. The van der Waals surface area contributed by atoms with Gasteiger partial charge in [0.05, 0.1) is 54.8 Å². The molecule has 3 atom stereocenters. The summed E-state index contributed by atoms with van der Waals surface area (Å²) in [5.41, 5.74) is 2.22. The van der Waals surface area contributed by atoms with Crippen LogP contribution in [0.1, 0.15) is 49.5 Å². The number of carbonyl (C=O) groups is 3. The van der Waals surface area contributed by atoms with Crippen molar-refractivity contribution < 1.29 is 28.6 Å². The zero-order chi connectivity index (χ0) is 28.7. The minimum absolute atomic E-state index is 0.0621. The van der Waals surface area contributed by atoms with E-state index in [0.29, 0.717) is 24.3 Å². The van der Waals surface area contributed by atoms with Gasteiger partial charge < -0.3 is 19.5 Å². The van der Waals surface area contributed by atoms with E-state index in [4.69, 9.17) is 25.8 Å². The number of amides is 3. The third kappa shape index (κ3) is 5.05. The number of piperidine rings is 1. The molecule has 10 heteroatoms. The van der Waals surface area contributed by atoms with Crippen LogP contribution in [-0.2, 0) is 11.3 Å². The Morgan fingerprint density at radius 2 is 1.59 bits per heavy atom. The number of methoxy groups -OCH3 is 2. The number of fused-ring (bicyclic) bond motifs is 3. The fourth-order valence-electron chi connectivity index (χ4n) is 6.04. The molecule has 2 fully saturated rings. The minimum Gasteiger partial charge on any atom is -0.497 e. The molecule has 1 N–H and O–H groups in total. The number of anilines is 1. The van der Waals surface area contributed by atoms with Crippen LogP contribution in [0.2, 0.25) is 5.02 Å². The van der Waals surface area contributed by atoms with Crippen LogP contribution in [0, 0.1) is 0 Å². The Labute approximate surface area is 242 Å².